The highest BCUT2D eigenvalue weighted by molar-refractivity contribution is 7.71. The highest BCUT2D eigenvalue weighted by atomic mass is 32.1. The van der Waals surface area contributed by atoms with Crippen molar-refractivity contribution in [3.05, 3.63) is 10.5 Å². The van der Waals surface area contributed by atoms with Gasteiger partial charge in [-0.2, -0.15) is 5.10 Å². The van der Waals surface area contributed by atoms with Gasteiger partial charge >= 0.3 is 0 Å². The number of aryl methyl sites for hydroxylation is 2. The molecular weight excluding hydrogens is 232 g/mol. The molecule has 92 valence electrons. The summed E-state index contributed by atoms with van der Waals surface area (Å²) in [6, 6.07) is 0.584. The highest BCUT2D eigenvalue weighted by Crippen LogP contribution is 2.35. The topological polar surface area (TPSA) is 38.5 Å². The Hall–Kier alpha value is -1.10. The lowest BCUT2D eigenvalue weighted by Gasteiger charge is -2.27. The van der Waals surface area contributed by atoms with Crippen molar-refractivity contribution in [1.29, 1.82) is 0 Å². The Bertz CT molecular complexity index is 600. The van der Waals surface area contributed by atoms with Crippen molar-refractivity contribution in [3.8, 4) is 0 Å². The van der Waals surface area contributed by atoms with E-state index < -0.39 is 0 Å². The van der Waals surface area contributed by atoms with Crippen molar-refractivity contribution in [3.63, 3.8) is 0 Å². The Balaban J connectivity index is 2.21. The molecule has 2 aromatic rings. The fourth-order valence-corrected chi connectivity index (χ4v) is 2.97. The minimum absolute atomic E-state index is 0.584. The van der Waals surface area contributed by atoms with Crippen molar-refractivity contribution in [1.82, 2.24) is 19.3 Å². The zero-order valence-corrected chi connectivity index (χ0v) is 11.2. The predicted molar refractivity (Wildman–Crippen MR) is 70.8 cm³/mol. The highest BCUT2D eigenvalue weighted by Gasteiger charge is 2.25. The molecule has 2 heterocycles. The summed E-state index contributed by atoms with van der Waals surface area (Å²) in [6.07, 6.45) is 5.93. The van der Waals surface area contributed by atoms with E-state index in [0.717, 1.165) is 28.8 Å². The molecule has 1 N–H and O–H groups in total. The molecule has 1 aliphatic carbocycles. The van der Waals surface area contributed by atoms with Gasteiger partial charge in [0.1, 0.15) is 5.52 Å². The smallest absolute Gasteiger partial charge is 0.179 e. The Morgan fingerprint density at radius 2 is 2.24 bits per heavy atom. The SMILES string of the molecule is CCCc1nn(C)c2c1[nH]c(=S)n2C1CCC1. The zero-order valence-electron chi connectivity index (χ0n) is 10.4. The first kappa shape index (κ1) is 11.0. The van der Waals surface area contributed by atoms with Gasteiger partial charge in [0.05, 0.1) is 5.69 Å². The Labute approximate surface area is 106 Å². The quantitative estimate of drug-likeness (QED) is 0.850. The number of imidazole rings is 1. The zero-order chi connectivity index (χ0) is 12.0. The maximum Gasteiger partial charge on any atom is 0.179 e. The molecule has 0 radical (unpaired) electrons. The van der Waals surface area contributed by atoms with Gasteiger partial charge in [0.2, 0.25) is 0 Å². The van der Waals surface area contributed by atoms with Crippen LogP contribution in [0.25, 0.3) is 11.2 Å². The van der Waals surface area contributed by atoms with E-state index in [4.69, 9.17) is 12.2 Å². The maximum absolute atomic E-state index is 5.45. The lowest BCUT2D eigenvalue weighted by Crippen LogP contribution is -2.18. The first-order valence-corrected chi connectivity index (χ1v) is 6.79. The number of fused-ring (bicyclic) bond motifs is 1. The van der Waals surface area contributed by atoms with E-state index in [0.29, 0.717) is 6.04 Å². The number of hydrogen-bond donors (Lipinski definition) is 1. The number of H-pyrrole nitrogens is 1. The van der Waals surface area contributed by atoms with E-state index in [1.807, 2.05) is 11.7 Å². The van der Waals surface area contributed by atoms with E-state index in [1.165, 1.54) is 24.9 Å². The summed E-state index contributed by atoms with van der Waals surface area (Å²) in [5, 5.41) is 4.60. The van der Waals surface area contributed by atoms with Crippen LogP contribution in [0.4, 0.5) is 0 Å². The molecule has 0 unspecified atom stereocenters. The summed E-state index contributed by atoms with van der Waals surface area (Å²) < 4.78 is 5.10. The molecule has 17 heavy (non-hydrogen) atoms. The molecule has 0 atom stereocenters. The molecule has 5 heteroatoms. The lowest BCUT2D eigenvalue weighted by atomic mass is 9.93. The van der Waals surface area contributed by atoms with Crippen LogP contribution in [0.5, 0.6) is 0 Å². The van der Waals surface area contributed by atoms with Crippen molar-refractivity contribution in [2.45, 2.75) is 45.1 Å². The molecule has 1 fully saturated rings. The number of hydrogen-bond acceptors (Lipinski definition) is 2. The normalized spacial score (nSPS) is 16.6. The molecule has 3 rings (SSSR count). The van der Waals surface area contributed by atoms with Crippen LogP contribution >= 0.6 is 12.2 Å². The van der Waals surface area contributed by atoms with Gasteiger partial charge in [-0.05, 0) is 37.9 Å². The fraction of sp³-hybridized carbons (Fsp3) is 0.667. The third-order valence-corrected chi connectivity index (χ3v) is 3.99. The summed E-state index contributed by atoms with van der Waals surface area (Å²) in [4.78, 5) is 3.34. The summed E-state index contributed by atoms with van der Waals surface area (Å²) in [6.45, 7) is 2.18. The first-order chi connectivity index (χ1) is 8.22. The standard InChI is InChI=1S/C12H18N4S/c1-3-5-9-10-11(15(2)14-9)16(12(17)13-10)8-6-4-7-8/h8H,3-7H2,1-2H3,(H,13,17). The second kappa shape index (κ2) is 3.98. The number of aromatic amines is 1. The van der Waals surface area contributed by atoms with Gasteiger partial charge in [-0.25, -0.2) is 0 Å². The van der Waals surface area contributed by atoms with Crippen LogP contribution in [0.1, 0.15) is 44.3 Å². The van der Waals surface area contributed by atoms with E-state index in [1.54, 1.807) is 0 Å². The van der Waals surface area contributed by atoms with Crippen molar-refractivity contribution in [2.24, 2.45) is 7.05 Å². The Morgan fingerprint density at radius 1 is 1.47 bits per heavy atom. The molecule has 4 nitrogen and oxygen atoms in total. The van der Waals surface area contributed by atoms with Crippen LogP contribution in [0.15, 0.2) is 0 Å². The van der Waals surface area contributed by atoms with Gasteiger partial charge in [0.25, 0.3) is 0 Å². The average molecular weight is 250 g/mol. The van der Waals surface area contributed by atoms with Gasteiger partial charge in [-0.1, -0.05) is 13.3 Å². The number of nitrogens with one attached hydrogen (secondary N) is 1. The minimum atomic E-state index is 0.584. The third kappa shape index (κ3) is 1.56. The summed E-state index contributed by atoms with van der Waals surface area (Å²) in [5.41, 5.74) is 3.46. The van der Waals surface area contributed by atoms with E-state index in [2.05, 4.69) is 21.6 Å². The first-order valence-electron chi connectivity index (χ1n) is 6.38. The van der Waals surface area contributed by atoms with E-state index in [9.17, 15) is 0 Å². The summed E-state index contributed by atoms with van der Waals surface area (Å²) in [7, 11) is 2.01. The molecular formula is C12H18N4S. The van der Waals surface area contributed by atoms with Gasteiger partial charge in [-0.3, -0.25) is 9.25 Å². The largest absolute Gasteiger partial charge is 0.328 e. The average Bonchev–Trinajstić information content (AvgIpc) is 2.67. The molecule has 1 saturated carbocycles. The molecule has 0 bridgehead atoms. The molecule has 0 aliphatic heterocycles. The van der Waals surface area contributed by atoms with Crippen LogP contribution in [0.3, 0.4) is 0 Å². The van der Waals surface area contributed by atoms with Crippen LogP contribution in [-0.2, 0) is 13.5 Å². The second-order valence-corrected chi connectivity index (χ2v) is 5.29. The van der Waals surface area contributed by atoms with Gasteiger partial charge < -0.3 is 4.98 Å². The molecule has 0 amide bonds. The summed E-state index contributed by atoms with van der Waals surface area (Å²) in [5.74, 6) is 0. The number of nitrogens with zero attached hydrogens (tertiary/aromatic N) is 3. The summed E-state index contributed by atoms with van der Waals surface area (Å²) >= 11 is 5.45. The third-order valence-electron chi connectivity index (χ3n) is 3.69. The Morgan fingerprint density at radius 3 is 2.82 bits per heavy atom. The molecule has 0 aromatic carbocycles. The van der Waals surface area contributed by atoms with Crippen molar-refractivity contribution >= 4 is 23.4 Å². The number of aromatic nitrogens is 4. The van der Waals surface area contributed by atoms with Gasteiger partial charge in [-0.15, -0.1) is 0 Å². The lowest BCUT2D eigenvalue weighted by molar-refractivity contribution is 0.314. The second-order valence-electron chi connectivity index (χ2n) is 4.90. The van der Waals surface area contributed by atoms with Crippen LogP contribution < -0.4 is 0 Å². The van der Waals surface area contributed by atoms with Crippen molar-refractivity contribution < 1.29 is 0 Å². The van der Waals surface area contributed by atoms with Crippen molar-refractivity contribution in [2.75, 3.05) is 0 Å². The monoisotopic (exact) mass is 250 g/mol. The van der Waals surface area contributed by atoms with E-state index in [-0.39, 0.29) is 0 Å². The van der Waals surface area contributed by atoms with Crippen LogP contribution in [-0.4, -0.2) is 19.3 Å². The molecule has 1 aliphatic rings. The van der Waals surface area contributed by atoms with E-state index >= 15 is 0 Å². The molecule has 0 spiro atoms. The fourth-order valence-electron chi connectivity index (χ4n) is 2.63. The van der Waals surface area contributed by atoms with Gasteiger partial charge in [0.15, 0.2) is 10.4 Å². The van der Waals surface area contributed by atoms with Gasteiger partial charge in [0, 0.05) is 13.1 Å². The Kier molecular flexibility index (Phi) is 2.58. The maximum atomic E-state index is 5.45. The van der Waals surface area contributed by atoms with Crippen LogP contribution in [0, 0.1) is 4.77 Å². The van der Waals surface area contributed by atoms with Crippen LogP contribution in [0.2, 0.25) is 0 Å². The predicted octanol–water partition coefficient (Wildman–Crippen LogP) is 3.11. The molecule has 0 saturated heterocycles. The molecule has 2 aromatic heterocycles. The number of rotatable bonds is 3. The minimum Gasteiger partial charge on any atom is -0.328 e.